The lowest BCUT2D eigenvalue weighted by Crippen LogP contribution is -2.28. The molecule has 0 heterocycles. The molecule has 0 saturated heterocycles. The zero-order chi connectivity index (χ0) is 14.4. The third kappa shape index (κ3) is 4.63. The smallest absolute Gasteiger partial charge is 0.128 e. The van der Waals surface area contributed by atoms with Crippen molar-refractivity contribution in [1.29, 1.82) is 5.41 Å². The van der Waals surface area contributed by atoms with Gasteiger partial charge in [-0.05, 0) is 18.5 Å². The summed E-state index contributed by atoms with van der Waals surface area (Å²) in [6.07, 6.45) is 1.13. The van der Waals surface area contributed by atoms with Crippen molar-refractivity contribution in [2.45, 2.75) is 33.7 Å². The first-order valence-electron chi connectivity index (χ1n) is 6.83. The summed E-state index contributed by atoms with van der Waals surface area (Å²) < 4.78 is 13.9. The van der Waals surface area contributed by atoms with E-state index in [-0.39, 0.29) is 11.7 Å². The van der Waals surface area contributed by atoms with E-state index in [4.69, 9.17) is 11.1 Å². The van der Waals surface area contributed by atoms with Crippen LogP contribution in [-0.4, -0.2) is 23.8 Å². The second-order valence-corrected chi connectivity index (χ2v) is 5.06. The molecule has 1 rings (SSSR count). The zero-order valence-corrected chi connectivity index (χ0v) is 12.0. The molecule has 1 aromatic rings. The molecular weight excluding hydrogens is 241 g/mol. The van der Waals surface area contributed by atoms with Gasteiger partial charge >= 0.3 is 0 Å². The highest BCUT2D eigenvalue weighted by atomic mass is 19.1. The molecule has 0 bridgehead atoms. The highest BCUT2D eigenvalue weighted by Gasteiger charge is 2.11. The quantitative estimate of drug-likeness (QED) is 0.588. The third-order valence-corrected chi connectivity index (χ3v) is 3.47. The van der Waals surface area contributed by atoms with Crippen LogP contribution in [0.25, 0.3) is 0 Å². The summed E-state index contributed by atoms with van der Waals surface area (Å²) in [5.74, 6) is 0.229. The number of rotatable bonds is 7. The van der Waals surface area contributed by atoms with Gasteiger partial charge in [0.2, 0.25) is 0 Å². The Bertz CT molecular complexity index is 431. The van der Waals surface area contributed by atoms with Crippen LogP contribution in [0, 0.1) is 17.1 Å². The average molecular weight is 265 g/mol. The lowest BCUT2D eigenvalue weighted by Gasteiger charge is -2.24. The summed E-state index contributed by atoms with van der Waals surface area (Å²) in [6, 6.07) is 4.78. The highest BCUT2D eigenvalue weighted by Crippen LogP contribution is 2.14. The Kier molecular flexibility index (Phi) is 5.96. The number of nitrogens with two attached hydrogens (primary N) is 1. The first kappa shape index (κ1) is 15.6. The molecule has 4 heteroatoms. The second-order valence-electron chi connectivity index (χ2n) is 5.06. The van der Waals surface area contributed by atoms with E-state index in [2.05, 4.69) is 25.7 Å². The number of benzene rings is 1. The standard InChI is InChI=1S/C15H24FN3/c1-4-11(3)9-19(5-2)10-13-7-6-12(15(17)18)8-14(13)16/h6-8,11H,4-5,9-10H2,1-3H3,(H3,17,18). The number of nitrogens with zero attached hydrogens (tertiary/aromatic N) is 1. The summed E-state index contributed by atoms with van der Waals surface area (Å²) >= 11 is 0. The molecule has 0 aromatic heterocycles. The van der Waals surface area contributed by atoms with Gasteiger partial charge in [-0.25, -0.2) is 4.39 Å². The van der Waals surface area contributed by atoms with E-state index < -0.39 is 0 Å². The number of amidine groups is 1. The van der Waals surface area contributed by atoms with Crippen molar-refractivity contribution in [3.63, 3.8) is 0 Å². The summed E-state index contributed by atoms with van der Waals surface area (Å²) in [7, 11) is 0. The van der Waals surface area contributed by atoms with Crippen molar-refractivity contribution in [2.75, 3.05) is 13.1 Å². The Morgan fingerprint density at radius 3 is 2.58 bits per heavy atom. The molecule has 1 aromatic carbocycles. The van der Waals surface area contributed by atoms with Gasteiger partial charge in [0.15, 0.2) is 0 Å². The fourth-order valence-electron chi connectivity index (χ4n) is 1.96. The van der Waals surface area contributed by atoms with Crippen molar-refractivity contribution in [1.82, 2.24) is 4.90 Å². The van der Waals surface area contributed by atoms with Gasteiger partial charge < -0.3 is 5.73 Å². The second kappa shape index (κ2) is 7.24. The Labute approximate surface area is 115 Å². The van der Waals surface area contributed by atoms with Gasteiger partial charge in [0, 0.05) is 24.2 Å². The van der Waals surface area contributed by atoms with Crippen LogP contribution in [0.5, 0.6) is 0 Å². The predicted octanol–water partition coefficient (Wildman–Crippen LogP) is 2.98. The van der Waals surface area contributed by atoms with E-state index in [1.54, 1.807) is 12.1 Å². The van der Waals surface area contributed by atoms with E-state index >= 15 is 0 Å². The minimum Gasteiger partial charge on any atom is -0.384 e. The molecule has 0 aliphatic rings. The molecule has 19 heavy (non-hydrogen) atoms. The SMILES string of the molecule is CCC(C)CN(CC)Cc1ccc(C(=N)N)cc1F. The molecule has 1 unspecified atom stereocenters. The summed E-state index contributed by atoms with van der Waals surface area (Å²) in [6.45, 7) is 8.94. The molecule has 0 fully saturated rings. The Morgan fingerprint density at radius 1 is 1.42 bits per heavy atom. The maximum atomic E-state index is 13.9. The highest BCUT2D eigenvalue weighted by molar-refractivity contribution is 5.94. The molecular formula is C15H24FN3. The van der Waals surface area contributed by atoms with E-state index in [0.29, 0.717) is 23.6 Å². The van der Waals surface area contributed by atoms with Crippen molar-refractivity contribution in [2.24, 2.45) is 11.7 Å². The first-order valence-corrected chi connectivity index (χ1v) is 6.83. The number of nitrogens with one attached hydrogen (secondary N) is 1. The Morgan fingerprint density at radius 2 is 2.11 bits per heavy atom. The molecule has 3 N–H and O–H groups in total. The number of hydrogen-bond acceptors (Lipinski definition) is 2. The normalized spacial score (nSPS) is 12.7. The van der Waals surface area contributed by atoms with Crippen LogP contribution < -0.4 is 5.73 Å². The van der Waals surface area contributed by atoms with Crippen LogP contribution in [-0.2, 0) is 6.54 Å². The predicted molar refractivity (Wildman–Crippen MR) is 77.8 cm³/mol. The molecule has 0 amide bonds. The summed E-state index contributed by atoms with van der Waals surface area (Å²) in [4.78, 5) is 2.24. The Balaban J connectivity index is 2.77. The monoisotopic (exact) mass is 265 g/mol. The molecule has 106 valence electrons. The minimum absolute atomic E-state index is 0.0996. The van der Waals surface area contributed by atoms with Crippen LogP contribution in [0.15, 0.2) is 18.2 Å². The molecule has 0 spiro atoms. The van der Waals surface area contributed by atoms with Crippen molar-refractivity contribution in [3.8, 4) is 0 Å². The van der Waals surface area contributed by atoms with Gasteiger partial charge in [-0.2, -0.15) is 0 Å². The van der Waals surface area contributed by atoms with Gasteiger partial charge in [0.05, 0.1) is 0 Å². The number of halogens is 1. The number of nitrogen functional groups attached to an aromatic ring is 1. The summed E-state index contributed by atoms with van der Waals surface area (Å²) in [5, 5.41) is 7.30. The van der Waals surface area contributed by atoms with Crippen LogP contribution in [0.1, 0.15) is 38.3 Å². The van der Waals surface area contributed by atoms with E-state index in [9.17, 15) is 4.39 Å². The zero-order valence-electron chi connectivity index (χ0n) is 12.0. The molecule has 0 saturated carbocycles. The van der Waals surface area contributed by atoms with Crippen LogP contribution in [0.2, 0.25) is 0 Å². The third-order valence-electron chi connectivity index (χ3n) is 3.47. The Hall–Kier alpha value is -1.42. The fourth-order valence-corrected chi connectivity index (χ4v) is 1.96. The van der Waals surface area contributed by atoms with Gasteiger partial charge in [-0.1, -0.05) is 39.3 Å². The molecule has 0 aliphatic carbocycles. The maximum absolute atomic E-state index is 13.9. The minimum atomic E-state index is -0.282. The van der Waals surface area contributed by atoms with Crippen molar-refractivity contribution in [3.05, 3.63) is 35.1 Å². The number of hydrogen-bond donors (Lipinski definition) is 2. The van der Waals surface area contributed by atoms with Crippen LogP contribution in [0.3, 0.4) is 0 Å². The van der Waals surface area contributed by atoms with Gasteiger partial charge in [0.1, 0.15) is 11.7 Å². The summed E-state index contributed by atoms with van der Waals surface area (Å²) in [5.41, 5.74) is 6.45. The van der Waals surface area contributed by atoms with Crippen molar-refractivity contribution < 1.29 is 4.39 Å². The molecule has 1 atom stereocenters. The molecule has 0 radical (unpaired) electrons. The lowest BCUT2D eigenvalue weighted by atomic mass is 10.1. The van der Waals surface area contributed by atoms with Crippen LogP contribution >= 0.6 is 0 Å². The fraction of sp³-hybridized carbons (Fsp3) is 0.533. The maximum Gasteiger partial charge on any atom is 0.128 e. The van der Waals surface area contributed by atoms with E-state index in [1.807, 2.05) is 0 Å². The van der Waals surface area contributed by atoms with E-state index in [1.165, 1.54) is 6.07 Å². The van der Waals surface area contributed by atoms with Gasteiger partial charge in [-0.15, -0.1) is 0 Å². The lowest BCUT2D eigenvalue weighted by molar-refractivity contribution is 0.235. The largest absolute Gasteiger partial charge is 0.384 e. The van der Waals surface area contributed by atoms with Crippen LogP contribution in [0.4, 0.5) is 4.39 Å². The molecule has 0 aliphatic heterocycles. The topological polar surface area (TPSA) is 53.1 Å². The van der Waals surface area contributed by atoms with Crippen molar-refractivity contribution >= 4 is 5.84 Å². The first-order chi connectivity index (χ1) is 8.97. The van der Waals surface area contributed by atoms with Gasteiger partial charge in [0.25, 0.3) is 0 Å². The van der Waals surface area contributed by atoms with Gasteiger partial charge in [-0.3, -0.25) is 10.3 Å². The van der Waals surface area contributed by atoms with E-state index in [0.717, 1.165) is 19.5 Å². The average Bonchev–Trinajstić information content (AvgIpc) is 2.39. The molecule has 3 nitrogen and oxygen atoms in total.